The van der Waals surface area contributed by atoms with E-state index >= 15 is 0 Å². The van der Waals surface area contributed by atoms with Crippen LogP contribution in [0.5, 0.6) is 0 Å². The highest BCUT2D eigenvalue weighted by molar-refractivity contribution is 5.94. The van der Waals surface area contributed by atoms with Crippen molar-refractivity contribution in [3.8, 4) is 5.69 Å². The van der Waals surface area contributed by atoms with E-state index in [2.05, 4.69) is 10.4 Å². The van der Waals surface area contributed by atoms with E-state index in [1.54, 1.807) is 0 Å². The van der Waals surface area contributed by atoms with E-state index < -0.39 is 0 Å². The number of nitrogens with zero attached hydrogens (tertiary/aromatic N) is 3. The summed E-state index contributed by atoms with van der Waals surface area (Å²) >= 11 is 0. The summed E-state index contributed by atoms with van der Waals surface area (Å²) < 4.78 is 1.91. The number of hydrogen-bond donors (Lipinski definition) is 1. The zero-order chi connectivity index (χ0) is 17.1. The van der Waals surface area contributed by atoms with Crippen LogP contribution in [0, 0.1) is 19.8 Å². The molecule has 1 aliphatic heterocycles. The largest absolute Gasteiger partial charge is 0.339 e. The zero-order valence-corrected chi connectivity index (χ0v) is 16.0. The molecule has 0 saturated carbocycles. The molecule has 1 N–H and O–H groups in total. The Morgan fingerprint density at radius 2 is 1.84 bits per heavy atom. The molecule has 5 nitrogen and oxygen atoms in total. The Morgan fingerprint density at radius 1 is 1.20 bits per heavy atom. The topological polar surface area (TPSA) is 50.2 Å². The molecule has 1 aromatic carbocycles. The minimum Gasteiger partial charge on any atom is -0.339 e. The van der Waals surface area contributed by atoms with Gasteiger partial charge in [0.2, 0.25) is 0 Å². The summed E-state index contributed by atoms with van der Waals surface area (Å²) in [5.74, 6) is 0.824. The Labute approximate surface area is 155 Å². The van der Waals surface area contributed by atoms with Gasteiger partial charge < -0.3 is 10.2 Å². The van der Waals surface area contributed by atoms with E-state index in [-0.39, 0.29) is 18.3 Å². The van der Waals surface area contributed by atoms with E-state index in [0.717, 1.165) is 55.1 Å². The van der Waals surface area contributed by atoms with Crippen molar-refractivity contribution in [1.29, 1.82) is 0 Å². The van der Waals surface area contributed by atoms with Crippen LogP contribution in [0.25, 0.3) is 5.69 Å². The van der Waals surface area contributed by atoms with E-state index in [0.29, 0.717) is 5.92 Å². The molecule has 0 bridgehead atoms. The van der Waals surface area contributed by atoms with Gasteiger partial charge in [0.1, 0.15) is 0 Å². The van der Waals surface area contributed by atoms with E-state index in [9.17, 15) is 4.79 Å². The fraction of sp³-hybridized carbons (Fsp3) is 0.474. The fourth-order valence-electron chi connectivity index (χ4n) is 3.45. The van der Waals surface area contributed by atoms with Crippen molar-refractivity contribution in [2.75, 3.05) is 26.7 Å². The number of amides is 1. The van der Waals surface area contributed by atoms with Crippen LogP contribution in [0.2, 0.25) is 0 Å². The number of piperidine rings is 1. The lowest BCUT2D eigenvalue weighted by Gasteiger charge is -2.32. The predicted molar refractivity (Wildman–Crippen MR) is 103 cm³/mol. The van der Waals surface area contributed by atoms with Crippen LogP contribution >= 0.6 is 12.4 Å². The monoisotopic (exact) mass is 362 g/mol. The van der Waals surface area contributed by atoms with Gasteiger partial charge in [-0.25, -0.2) is 4.68 Å². The molecule has 1 saturated heterocycles. The van der Waals surface area contributed by atoms with Gasteiger partial charge in [-0.1, -0.05) is 0 Å². The number of hydrogen-bond acceptors (Lipinski definition) is 3. The average Bonchev–Trinajstić information content (AvgIpc) is 2.94. The molecule has 0 radical (unpaired) electrons. The van der Waals surface area contributed by atoms with Crippen LogP contribution in [0.1, 0.15) is 34.6 Å². The molecule has 1 amide bonds. The van der Waals surface area contributed by atoms with E-state index in [4.69, 9.17) is 0 Å². The molecular formula is C19H27ClN4O. The number of aryl methyl sites for hydroxylation is 2. The second kappa shape index (κ2) is 8.50. The Hall–Kier alpha value is -1.85. The average molecular weight is 363 g/mol. The first-order valence-electron chi connectivity index (χ1n) is 8.66. The maximum absolute atomic E-state index is 12.7. The number of aromatic nitrogens is 2. The van der Waals surface area contributed by atoms with E-state index in [1.807, 2.05) is 60.8 Å². The third-order valence-electron chi connectivity index (χ3n) is 4.76. The highest BCUT2D eigenvalue weighted by Crippen LogP contribution is 2.19. The van der Waals surface area contributed by atoms with Crippen molar-refractivity contribution >= 4 is 18.3 Å². The van der Waals surface area contributed by atoms with Crippen LogP contribution in [-0.2, 0) is 0 Å². The van der Waals surface area contributed by atoms with Gasteiger partial charge in [-0.05, 0) is 76.5 Å². The minimum absolute atomic E-state index is 0. The second-order valence-electron chi connectivity index (χ2n) is 6.68. The molecule has 0 spiro atoms. The Balaban J connectivity index is 0.00000225. The molecule has 0 unspecified atom stereocenters. The third kappa shape index (κ3) is 4.41. The number of likely N-dealkylation sites (tertiary alicyclic amines) is 1. The highest BCUT2D eigenvalue weighted by Gasteiger charge is 2.23. The lowest BCUT2D eigenvalue weighted by atomic mass is 9.96. The van der Waals surface area contributed by atoms with Gasteiger partial charge in [0.15, 0.2) is 0 Å². The number of nitrogens with one attached hydrogen (secondary N) is 1. The molecular weight excluding hydrogens is 336 g/mol. The third-order valence-corrected chi connectivity index (χ3v) is 4.76. The summed E-state index contributed by atoms with van der Waals surface area (Å²) in [5, 5.41) is 7.72. The zero-order valence-electron chi connectivity index (χ0n) is 15.2. The van der Waals surface area contributed by atoms with Crippen molar-refractivity contribution in [2.45, 2.75) is 26.7 Å². The smallest absolute Gasteiger partial charge is 0.253 e. The number of rotatable bonds is 4. The number of carbonyl (C=O) groups is 1. The van der Waals surface area contributed by atoms with Crippen molar-refractivity contribution in [3.05, 3.63) is 47.3 Å². The minimum atomic E-state index is 0. The lowest BCUT2D eigenvalue weighted by molar-refractivity contribution is 0.0691. The van der Waals surface area contributed by atoms with Crippen LogP contribution in [0.15, 0.2) is 30.3 Å². The predicted octanol–water partition coefficient (Wildman–Crippen LogP) is 2.98. The summed E-state index contributed by atoms with van der Waals surface area (Å²) in [6, 6.07) is 9.82. The first kappa shape index (κ1) is 19.5. The van der Waals surface area contributed by atoms with Crippen LogP contribution in [0.4, 0.5) is 0 Å². The van der Waals surface area contributed by atoms with Gasteiger partial charge in [-0.15, -0.1) is 12.4 Å². The molecule has 2 heterocycles. The van der Waals surface area contributed by atoms with Crippen molar-refractivity contribution < 1.29 is 4.79 Å². The standard InChI is InChI=1S/C19H26N4O.ClH/c1-14-12-15(2)23(21-14)18-6-4-17(5-7-18)19(24)22-10-8-16(9-11-22)13-20-3;/h4-7,12,16,20H,8-11,13H2,1-3H3;1H. The Kier molecular flexibility index (Phi) is 6.62. The van der Waals surface area contributed by atoms with Gasteiger partial charge in [0, 0.05) is 24.3 Å². The van der Waals surface area contributed by atoms with Crippen molar-refractivity contribution in [3.63, 3.8) is 0 Å². The second-order valence-corrected chi connectivity index (χ2v) is 6.68. The summed E-state index contributed by atoms with van der Waals surface area (Å²) in [4.78, 5) is 14.6. The lowest BCUT2D eigenvalue weighted by Crippen LogP contribution is -2.40. The van der Waals surface area contributed by atoms with Gasteiger partial charge in [0.05, 0.1) is 11.4 Å². The van der Waals surface area contributed by atoms with Gasteiger partial charge in [0.25, 0.3) is 5.91 Å². The summed E-state index contributed by atoms with van der Waals surface area (Å²) in [5.41, 5.74) is 3.84. The molecule has 25 heavy (non-hydrogen) atoms. The van der Waals surface area contributed by atoms with Gasteiger partial charge >= 0.3 is 0 Å². The van der Waals surface area contributed by atoms with E-state index in [1.165, 1.54) is 0 Å². The first-order chi connectivity index (χ1) is 11.6. The maximum Gasteiger partial charge on any atom is 0.253 e. The van der Waals surface area contributed by atoms with Gasteiger partial charge in [-0.3, -0.25) is 4.79 Å². The van der Waals surface area contributed by atoms with Gasteiger partial charge in [-0.2, -0.15) is 5.10 Å². The molecule has 136 valence electrons. The highest BCUT2D eigenvalue weighted by atomic mass is 35.5. The number of halogens is 1. The fourth-order valence-corrected chi connectivity index (χ4v) is 3.45. The summed E-state index contributed by atoms with van der Waals surface area (Å²) in [6.07, 6.45) is 2.16. The molecule has 1 fully saturated rings. The Bertz CT molecular complexity index is 703. The molecule has 1 aromatic heterocycles. The first-order valence-corrected chi connectivity index (χ1v) is 8.66. The molecule has 3 rings (SSSR count). The molecule has 0 atom stereocenters. The number of benzene rings is 1. The SMILES string of the molecule is CNCC1CCN(C(=O)c2ccc(-n3nc(C)cc3C)cc2)CC1.Cl. The summed E-state index contributed by atoms with van der Waals surface area (Å²) in [7, 11) is 1.99. The summed E-state index contributed by atoms with van der Waals surface area (Å²) in [6.45, 7) is 6.77. The quantitative estimate of drug-likeness (QED) is 0.909. The molecule has 6 heteroatoms. The van der Waals surface area contributed by atoms with Crippen molar-refractivity contribution in [1.82, 2.24) is 20.0 Å². The molecule has 2 aromatic rings. The van der Waals surface area contributed by atoms with Crippen molar-refractivity contribution in [2.24, 2.45) is 5.92 Å². The Morgan fingerprint density at radius 3 is 2.36 bits per heavy atom. The van der Waals surface area contributed by atoms with Crippen LogP contribution in [0.3, 0.4) is 0 Å². The molecule has 0 aliphatic carbocycles. The normalized spacial score (nSPS) is 15.1. The maximum atomic E-state index is 12.7. The van der Waals surface area contributed by atoms with Crippen LogP contribution < -0.4 is 5.32 Å². The van der Waals surface area contributed by atoms with Crippen LogP contribution in [-0.4, -0.2) is 47.3 Å². The number of carbonyl (C=O) groups excluding carboxylic acids is 1. The molecule has 1 aliphatic rings.